The summed E-state index contributed by atoms with van der Waals surface area (Å²) < 4.78 is 39.3. The molecule has 0 spiro atoms. The number of sulfonamides is 1. The van der Waals surface area contributed by atoms with E-state index in [-0.39, 0.29) is 17.0 Å². The zero-order chi connectivity index (χ0) is 23.7. The van der Waals surface area contributed by atoms with E-state index in [0.29, 0.717) is 29.0 Å². The smallest absolute Gasteiger partial charge is 0.269 e. The molecule has 0 N–H and O–H groups in total. The molecule has 1 aliphatic rings. The number of nitrogens with zero attached hydrogens (tertiary/aromatic N) is 4. The maximum Gasteiger partial charge on any atom is 0.269 e. The van der Waals surface area contributed by atoms with Gasteiger partial charge in [-0.1, -0.05) is 36.0 Å². The second kappa shape index (κ2) is 8.99. The molecule has 11 heteroatoms. The second-order valence-electron chi connectivity index (χ2n) is 7.43. The summed E-state index contributed by atoms with van der Waals surface area (Å²) in [5.74, 6) is 1.84. The standard InChI is InChI=1S/C23H20N4O5S2/c1-31-17-7-4-6-16(14-17)21-24-25-23(26(21)15-18-8-5-12-32-18)33-13-11-27-22(28)19-9-2-3-10-20(19)34(27,29)30/h2-10,12,14H,11,13,15H2,1H3. The predicted octanol–water partition coefficient (Wildman–Crippen LogP) is 3.53. The van der Waals surface area contributed by atoms with Crippen molar-refractivity contribution in [3.8, 4) is 17.1 Å². The van der Waals surface area contributed by atoms with Gasteiger partial charge in [0.25, 0.3) is 15.9 Å². The molecule has 0 aliphatic carbocycles. The van der Waals surface area contributed by atoms with Crippen LogP contribution in [-0.2, 0) is 16.6 Å². The van der Waals surface area contributed by atoms with Gasteiger partial charge in [0.05, 0.1) is 25.5 Å². The van der Waals surface area contributed by atoms with E-state index in [1.807, 2.05) is 34.9 Å². The Balaban J connectivity index is 1.39. The number of hydrogen-bond acceptors (Lipinski definition) is 8. The number of fused-ring (bicyclic) bond motifs is 1. The highest BCUT2D eigenvalue weighted by Gasteiger charge is 2.40. The first-order chi connectivity index (χ1) is 16.5. The number of rotatable bonds is 8. The van der Waals surface area contributed by atoms with Crippen LogP contribution in [0, 0.1) is 0 Å². The fourth-order valence-electron chi connectivity index (χ4n) is 3.74. The SMILES string of the molecule is COc1cccc(-c2nnc(SCCN3C(=O)c4ccccc4S3(=O)=O)n2Cc2ccco2)c1. The first kappa shape index (κ1) is 22.2. The van der Waals surface area contributed by atoms with Gasteiger partial charge in [0.1, 0.15) is 16.4 Å². The van der Waals surface area contributed by atoms with Crippen molar-refractivity contribution in [2.45, 2.75) is 16.6 Å². The van der Waals surface area contributed by atoms with E-state index in [2.05, 4.69) is 10.2 Å². The van der Waals surface area contributed by atoms with E-state index in [9.17, 15) is 13.2 Å². The minimum Gasteiger partial charge on any atom is -0.497 e. The van der Waals surface area contributed by atoms with Gasteiger partial charge in [-0.05, 0) is 36.4 Å². The summed E-state index contributed by atoms with van der Waals surface area (Å²) in [4.78, 5) is 12.7. The Hall–Kier alpha value is -3.57. The molecule has 34 heavy (non-hydrogen) atoms. The van der Waals surface area contributed by atoms with Gasteiger partial charge >= 0.3 is 0 Å². The molecule has 1 amide bonds. The zero-order valence-corrected chi connectivity index (χ0v) is 19.8. The molecule has 5 rings (SSSR count). The number of carbonyl (C=O) groups is 1. The largest absolute Gasteiger partial charge is 0.497 e. The number of thioether (sulfide) groups is 1. The number of furan rings is 1. The van der Waals surface area contributed by atoms with Crippen molar-refractivity contribution in [2.24, 2.45) is 0 Å². The van der Waals surface area contributed by atoms with Crippen LogP contribution in [0.3, 0.4) is 0 Å². The number of amides is 1. The molecule has 1 aliphatic heterocycles. The molecular formula is C23H20N4O5S2. The van der Waals surface area contributed by atoms with Gasteiger partial charge in [-0.3, -0.25) is 9.36 Å². The topological polar surface area (TPSA) is 108 Å². The molecular weight excluding hydrogens is 476 g/mol. The fraction of sp³-hybridized carbons (Fsp3) is 0.174. The molecule has 2 aromatic carbocycles. The Morgan fingerprint density at radius 2 is 1.91 bits per heavy atom. The molecule has 4 aromatic rings. The van der Waals surface area contributed by atoms with Gasteiger partial charge in [0.15, 0.2) is 11.0 Å². The molecule has 0 radical (unpaired) electrons. The number of aromatic nitrogens is 3. The number of ether oxygens (including phenoxy) is 1. The Kier molecular flexibility index (Phi) is 5.88. The van der Waals surface area contributed by atoms with Crippen LogP contribution in [0.2, 0.25) is 0 Å². The van der Waals surface area contributed by atoms with Crippen molar-refractivity contribution in [2.75, 3.05) is 19.4 Å². The van der Waals surface area contributed by atoms with Crippen molar-refractivity contribution in [3.63, 3.8) is 0 Å². The molecule has 0 fully saturated rings. The normalized spacial score (nSPS) is 14.4. The van der Waals surface area contributed by atoms with Crippen LogP contribution >= 0.6 is 11.8 Å². The van der Waals surface area contributed by atoms with Crippen molar-refractivity contribution in [1.29, 1.82) is 0 Å². The molecule has 0 saturated heterocycles. The summed E-state index contributed by atoms with van der Waals surface area (Å²) in [6.07, 6.45) is 1.60. The van der Waals surface area contributed by atoms with Gasteiger partial charge in [0.2, 0.25) is 0 Å². The Bertz CT molecular complexity index is 1450. The van der Waals surface area contributed by atoms with E-state index in [1.165, 1.54) is 23.9 Å². The van der Waals surface area contributed by atoms with Crippen LogP contribution < -0.4 is 4.74 Å². The van der Waals surface area contributed by atoms with Crippen LogP contribution in [0.4, 0.5) is 0 Å². The lowest BCUT2D eigenvalue weighted by Gasteiger charge is -2.15. The highest BCUT2D eigenvalue weighted by atomic mass is 32.2. The monoisotopic (exact) mass is 496 g/mol. The van der Waals surface area contributed by atoms with Crippen molar-refractivity contribution >= 4 is 27.7 Å². The summed E-state index contributed by atoms with van der Waals surface area (Å²) >= 11 is 1.32. The number of benzene rings is 2. The molecule has 3 heterocycles. The van der Waals surface area contributed by atoms with E-state index < -0.39 is 15.9 Å². The van der Waals surface area contributed by atoms with E-state index in [4.69, 9.17) is 9.15 Å². The average Bonchev–Trinajstić information content (AvgIpc) is 3.55. The predicted molar refractivity (Wildman–Crippen MR) is 125 cm³/mol. The average molecular weight is 497 g/mol. The minimum atomic E-state index is -3.85. The summed E-state index contributed by atoms with van der Waals surface area (Å²) in [6.45, 7) is 0.407. The lowest BCUT2D eigenvalue weighted by atomic mass is 10.2. The molecule has 0 atom stereocenters. The zero-order valence-electron chi connectivity index (χ0n) is 18.1. The van der Waals surface area contributed by atoms with Crippen LogP contribution in [0.15, 0.2) is 81.4 Å². The van der Waals surface area contributed by atoms with E-state index >= 15 is 0 Å². The Morgan fingerprint density at radius 3 is 2.68 bits per heavy atom. The first-order valence-corrected chi connectivity index (χ1v) is 12.8. The first-order valence-electron chi connectivity index (χ1n) is 10.4. The van der Waals surface area contributed by atoms with E-state index in [1.54, 1.807) is 31.6 Å². The van der Waals surface area contributed by atoms with Crippen molar-refractivity contribution < 1.29 is 22.4 Å². The molecule has 174 valence electrons. The number of hydrogen-bond donors (Lipinski definition) is 0. The van der Waals surface area contributed by atoms with Gasteiger partial charge in [0, 0.05) is 17.9 Å². The quantitative estimate of drug-likeness (QED) is 0.341. The number of carbonyl (C=O) groups excluding carboxylic acids is 1. The highest BCUT2D eigenvalue weighted by molar-refractivity contribution is 7.99. The Labute approximate surface area is 200 Å². The van der Waals surface area contributed by atoms with Gasteiger partial charge in [-0.2, -0.15) is 0 Å². The lowest BCUT2D eigenvalue weighted by molar-refractivity contribution is 0.0876. The molecule has 9 nitrogen and oxygen atoms in total. The Morgan fingerprint density at radius 1 is 1.06 bits per heavy atom. The third kappa shape index (κ3) is 3.97. The molecule has 0 unspecified atom stereocenters. The van der Waals surface area contributed by atoms with Gasteiger partial charge < -0.3 is 9.15 Å². The molecule has 0 saturated carbocycles. The lowest BCUT2D eigenvalue weighted by Crippen LogP contribution is -2.32. The summed E-state index contributed by atoms with van der Waals surface area (Å²) in [5.41, 5.74) is 1.02. The van der Waals surface area contributed by atoms with Crippen LogP contribution in [0.25, 0.3) is 11.4 Å². The van der Waals surface area contributed by atoms with Gasteiger partial charge in [-0.15, -0.1) is 10.2 Å². The van der Waals surface area contributed by atoms with E-state index in [0.717, 1.165) is 15.6 Å². The fourth-order valence-corrected chi connectivity index (χ4v) is 6.29. The van der Waals surface area contributed by atoms with Crippen LogP contribution in [0.1, 0.15) is 16.1 Å². The van der Waals surface area contributed by atoms with Gasteiger partial charge in [-0.25, -0.2) is 12.7 Å². The summed E-state index contributed by atoms with van der Waals surface area (Å²) in [5, 5.41) is 9.27. The maximum absolute atomic E-state index is 12.8. The highest BCUT2D eigenvalue weighted by Crippen LogP contribution is 2.31. The third-order valence-electron chi connectivity index (χ3n) is 5.38. The van der Waals surface area contributed by atoms with Crippen molar-refractivity contribution in [3.05, 3.63) is 78.3 Å². The summed E-state index contributed by atoms with van der Waals surface area (Å²) in [6, 6.07) is 17.4. The molecule has 0 bridgehead atoms. The minimum absolute atomic E-state index is 0.0165. The number of methoxy groups -OCH3 is 1. The molecule has 2 aromatic heterocycles. The summed E-state index contributed by atoms with van der Waals surface area (Å²) in [7, 11) is -2.25. The third-order valence-corrected chi connectivity index (χ3v) is 8.16. The van der Waals surface area contributed by atoms with Crippen LogP contribution in [-0.4, -0.2) is 52.8 Å². The second-order valence-corrected chi connectivity index (χ2v) is 10.3. The van der Waals surface area contributed by atoms with Crippen LogP contribution in [0.5, 0.6) is 5.75 Å². The maximum atomic E-state index is 12.8. The van der Waals surface area contributed by atoms with Crippen molar-refractivity contribution in [1.82, 2.24) is 19.1 Å².